The van der Waals surface area contributed by atoms with Crippen molar-refractivity contribution in [3.8, 4) is 10.9 Å². The monoisotopic (exact) mass is 418 g/mol. The minimum atomic E-state index is -0.0402. The van der Waals surface area contributed by atoms with Gasteiger partial charge in [-0.2, -0.15) is 9.78 Å². The lowest BCUT2D eigenvalue weighted by molar-refractivity contribution is -0.116. The molecule has 0 saturated carbocycles. The van der Waals surface area contributed by atoms with Gasteiger partial charge in [-0.15, -0.1) is 0 Å². The lowest BCUT2D eigenvalue weighted by Crippen LogP contribution is -2.24. The van der Waals surface area contributed by atoms with Crippen molar-refractivity contribution in [3.63, 3.8) is 0 Å². The topological polar surface area (TPSA) is 69.0 Å². The molecule has 0 saturated heterocycles. The predicted octanol–water partition coefficient (Wildman–Crippen LogP) is 5.14. The van der Waals surface area contributed by atoms with E-state index in [-0.39, 0.29) is 11.8 Å². The molecule has 1 N–H and O–H groups in total. The number of hydrogen-bond donors (Lipinski definition) is 1. The molecule has 3 heterocycles. The summed E-state index contributed by atoms with van der Waals surface area (Å²) < 4.78 is 8.60. The van der Waals surface area contributed by atoms with Gasteiger partial charge in [0.15, 0.2) is 0 Å². The quantitative estimate of drug-likeness (QED) is 0.441. The number of carbonyl (C=O) groups is 1. The van der Waals surface area contributed by atoms with Crippen LogP contribution in [0.4, 0.5) is 5.82 Å². The van der Waals surface area contributed by atoms with Crippen LogP contribution in [-0.2, 0) is 4.79 Å². The summed E-state index contributed by atoms with van der Waals surface area (Å²) in [5.41, 5.74) is 3.02. The van der Waals surface area contributed by atoms with Gasteiger partial charge in [-0.05, 0) is 36.2 Å². The van der Waals surface area contributed by atoms with Crippen molar-refractivity contribution in [1.82, 2.24) is 14.8 Å². The fraction of sp³-hybridized carbons (Fsp3) is 0.261. The molecule has 0 fully saturated rings. The fourth-order valence-corrected chi connectivity index (χ4v) is 4.67. The Balaban J connectivity index is 1.47. The van der Waals surface area contributed by atoms with Crippen LogP contribution >= 0.6 is 11.3 Å². The highest BCUT2D eigenvalue weighted by Gasteiger charge is 2.31. The second-order valence-corrected chi connectivity index (χ2v) is 8.41. The second kappa shape index (κ2) is 7.91. The first-order chi connectivity index (χ1) is 14.7. The summed E-state index contributed by atoms with van der Waals surface area (Å²) >= 11 is 1.56. The third-order valence-electron chi connectivity index (χ3n) is 5.33. The SMILES string of the molecule is CCCCOc1ccc(C2CC(=O)Nc3c2cnn3-c2nc3ccccc3s2)cc1. The maximum atomic E-state index is 12.5. The Hall–Kier alpha value is -3.19. The molecule has 30 heavy (non-hydrogen) atoms. The van der Waals surface area contributed by atoms with Crippen LogP contribution in [0.15, 0.2) is 54.7 Å². The Labute approximate surface area is 178 Å². The van der Waals surface area contributed by atoms with Crippen LogP contribution < -0.4 is 10.1 Å². The molecule has 1 unspecified atom stereocenters. The maximum absolute atomic E-state index is 12.5. The molecule has 4 aromatic rings. The average Bonchev–Trinajstić information content (AvgIpc) is 3.37. The van der Waals surface area contributed by atoms with E-state index in [9.17, 15) is 4.79 Å². The Morgan fingerprint density at radius 1 is 1.20 bits per heavy atom. The molecule has 1 aliphatic rings. The van der Waals surface area contributed by atoms with E-state index in [1.165, 1.54) is 0 Å². The Kier molecular flexibility index (Phi) is 4.96. The molecule has 0 aliphatic carbocycles. The molecule has 0 radical (unpaired) electrons. The van der Waals surface area contributed by atoms with Gasteiger partial charge in [-0.1, -0.05) is 48.9 Å². The molecule has 0 spiro atoms. The zero-order valence-electron chi connectivity index (χ0n) is 16.7. The van der Waals surface area contributed by atoms with Crippen molar-refractivity contribution in [1.29, 1.82) is 0 Å². The number of fused-ring (bicyclic) bond motifs is 2. The van der Waals surface area contributed by atoms with E-state index < -0.39 is 0 Å². The van der Waals surface area contributed by atoms with E-state index in [0.29, 0.717) is 12.2 Å². The Bertz CT molecular complexity index is 1160. The van der Waals surface area contributed by atoms with Crippen molar-refractivity contribution < 1.29 is 9.53 Å². The van der Waals surface area contributed by atoms with Crippen LogP contribution in [0.2, 0.25) is 0 Å². The van der Waals surface area contributed by atoms with Crippen molar-refractivity contribution >= 4 is 33.3 Å². The number of nitrogens with one attached hydrogen (secondary N) is 1. The first-order valence-corrected chi connectivity index (χ1v) is 11.0. The van der Waals surface area contributed by atoms with Gasteiger partial charge in [0.1, 0.15) is 11.6 Å². The number of nitrogens with zero attached hydrogens (tertiary/aromatic N) is 3. The number of amides is 1. The number of thiazole rings is 1. The van der Waals surface area contributed by atoms with E-state index in [1.54, 1.807) is 16.0 Å². The number of hydrogen-bond acceptors (Lipinski definition) is 5. The van der Waals surface area contributed by atoms with Crippen molar-refractivity contribution in [2.45, 2.75) is 32.1 Å². The molecule has 152 valence electrons. The lowest BCUT2D eigenvalue weighted by Gasteiger charge is -2.23. The average molecular weight is 419 g/mol. The van der Waals surface area contributed by atoms with Crippen molar-refractivity contribution in [2.24, 2.45) is 0 Å². The third-order valence-corrected chi connectivity index (χ3v) is 6.35. The van der Waals surface area contributed by atoms with Gasteiger partial charge in [-0.3, -0.25) is 4.79 Å². The number of anilines is 1. The van der Waals surface area contributed by atoms with E-state index in [4.69, 9.17) is 4.74 Å². The third kappa shape index (κ3) is 3.45. The summed E-state index contributed by atoms with van der Waals surface area (Å²) in [6.07, 6.45) is 4.39. The number of rotatable bonds is 6. The predicted molar refractivity (Wildman–Crippen MR) is 119 cm³/mol. The normalized spacial score (nSPS) is 15.8. The largest absolute Gasteiger partial charge is 0.494 e. The summed E-state index contributed by atoms with van der Waals surface area (Å²) in [4.78, 5) is 17.2. The first-order valence-electron chi connectivity index (χ1n) is 10.2. The summed E-state index contributed by atoms with van der Waals surface area (Å²) in [5.74, 6) is 1.51. The Morgan fingerprint density at radius 2 is 2.03 bits per heavy atom. The lowest BCUT2D eigenvalue weighted by atomic mass is 9.87. The number of benzene rings is 2. The van der Waals surface area contributed by atoms with Crippen LogP contribution in [0, 0.1) is 0 Å². The van der Waals surface area contributed by atoms with Gasteiger partial charge < -0.3 is 10.1 Å². The van der Waals surface area contributed by atoms with Crippen molar-refractivity contribution in [3.05, 3.63) is 65.9 Å². The molecule has 6 nitrogen and oxygen atoms in total. The van der Waals surface area contributed by atoms with Gasteiger partial charge in [-0.25, -0.2) is 4.98 Å². The van der Waals surface area contributed by atoms with E-state index in [0.717, 1.165) is 51.7 Å². The molecule has 7 heteroatoms. The molecule has 1 amide bonds. The first kappa shape index (κ1) is 18.8. The minimum absolute atomic E-state index is 0.0152. The number of ether oxygens (including phenoxy) is 1. The van der Waals surface area contributed by atoms with Crippen LogP contribution in [-0.4, -0.2) is 27.3 Å². The van der Waals surface area contributed by atoms with Gasteiger partial charge in [0.25, 0.3) is 0 Å². The highest BCUT2D eigenvalue weighted by molar-refractivity contribution is 7.20. The second-order valence-electron chi connectivity index (χ2n) is 7.40. The van der Waals surface area contributed by atoms with Crippen molar-refractivity contribution in [2.75, 3.05) is 11.9 Å². The highest BCUT2D eigenvalue weighted by atomic mass is 32.1. The summed E-state index contributed by atoms with van der Waals surface area (Å²) in [6, 6.07) is 16.0. The summed E-state index contributed by atoms with van der Waals surface area (Å²) in [5, 5.41) is 8.31. The smallest absolute Gasteiger partial charge is 0.226 e. The number of aromatic nitrogens is 3. The van der Waals surface area contributed by atoms with Gasteiger partial charge >= 0.3 is 0 Å². The molecule has 5 rings (SSSR count). The van der Waals surface area contributed by atoms with Crippen LogP contribution in [0.5, 0.6) is 5.75 Å². The molecular weight excluding hydrogens is 396 g/mol. The van der Waals surface area contributed by atoms with Crippen LogP contribution in [0.1, 0.15) is 43.2 Å². The van der Waals surface area contributed by atoms with E-state index in [2.05, 4.69) is 22.3 Å². The van der Waals surface area contributed by atoms with Crippen LogP contribution in [0.25, 0.3) is 15.3 Å². The zero-order valence-corrected chi connectivity index (χ0v) is 17.5. The van der Waals surface area contributed by atoms with E-state index >= 15 is 0 Å². The molecule has 0 bridgehead atoms. The zero-order chi connectivity index (χ0) is 20.5. The van der Waals surface area contributed by atoms with Gasteiger partial charge in [0.05, 0.1) is 23.0 Å². The van der Waals surface area contributed by atoms with Gasteiger partial charge in [0, 0.05) is 17.9 Å². The maximum Gasteiger partial charge on any atom is 0.226 e. The van der Waals surface area contributed by atoms with Gasteiger partial charge in [0.2, 0.25) is 11.0 Å². The summed E-state index contributed by atoms with van der Waals surface area (Å²) in [7, 11) is 0. The standard InChI is InChI=1S/C23H22N4O2S/c1-2-3-12-29-16-10-8-15(9-11-16)17-13-21(28)26-22-18(17)14-24-27(22)23-25-19-6-4-5-7-20(19)30-23/h4-11,14,17H,2-3,12-13H2,1H3,(H,26,28). The minimum Gasteiger partial charge on any atom is -0.494 e. The number of unbranched alkanes of at least 4 members (excludes halogenated alkanes) is 1. The molecular formula is C23H22N4O2S. The number of para-hydroxylation sites is 1. The van der Waals surface area contributed by atoms with E-state index in [1.807, 2.05) is 54.7 Å². The molecule has 1 atom stereocenters. The fourth-order valence-electron chi connectivity index (χ4n) is 3.74. The molecule has 1 aliphatic heterocycles. The van der Waals surface area contributed by atoms with Crippen LogP contribution in [0.3, 0.4) is 0 Å². The summed E-state index contributed by atoms with van der Waals surface area (Å²) in [6.45, 7) is 2.87. The number of carbonyl (C=O) groups excluding carboxylic acids is 1. The highest BCUT2D eigenvalue weighted by Crippen LogP contribution is 2.39. The Morgan fingerprint density at radius 3 is 2.83 bits per heavy atom. The molecule has 2 aromatic carbocycles. The molecule has 2 aromatic heterocycles.